The Bertz CT molecular complexity index is 1290. The predicted molar refractivity (Wildman–Crippen MR) is 131 cm³/mol. The number of carbonyl (C=O) groups excluding carboxylic acids is 1. The molecule has 0 atom stereocenters. The first-order chi connectivity index (χ1) is 16.8. The number of nitrogens with zero attached hydrogens (tertiary/aromatic N) is 2. The zero-order valence-electron chi connectivity index (χ0n) is 18.8. The van der Waals surface area contributed by atoms with Crippen molar-refractivity contribution in [3.8, 4) is 11.3 Å². The van der Waals surface area contributed by atoms with Crippen molar-refractivity contribution in [3.63, 3.8) is 0 Å². The van der Waals surface area contributed by atoms with Crippen LogP contribution in [0.15, 0.2) is 90.0 Å². The Labute approximate surface area is 205 Å². The van der Waals surface area contributed by atoms with Crippen LogP contribution >= 0.6 is 11.8 Å². The van der Waals surface area contributed by atoms with Crippen molar-refractivity contribution >= 4 is 17.7 Å². The molecule has 0 saturated heterocycles. The van der Waals surface area contributed by atoms with Gasteiger partial charge in [0.15, 0.2) is 0 Å². The summed E-state index contributed by atoms with van der Waals surface area (Å²) in [6.45, 7) is 2.05. The molecule has 3 aromatic carbocycles. The van der Waals surface area contributed by atoms with Crippen LogP contribution in [0.25, 0.3) is 11.3 Å². The topological polar surface area (TPSA) is 54.9 Å². The Kier molecular flexibility index (Phi) is 7.51. The fraction of sp³-hybridized carbons (Fsp3) is 0.148. The number of aromatic nitrogens is 2. The molecule has 0 radical (unpaired) electrons. The maximum Gasteiger partial charge on any atom is 0.416 e. The van der Waals surface area contributed by atoms with E-state index in [0.29, 0.717) is 16.9 Å². The predicted octanol–water partition coefficient (Wildman–Crippen LogP) is 6.69. The third-order valence-electron chi connectivity index (χ3n) is 5.30. The Morgan fingerprint density at radius 1 is 0.886 bits per heavy atom. The lowest BCUT2D eigenvalue weighted by Crippen LogP contribution is -2.23. The molecule has 4 aromatic rings. The molecule has 1 N–H and O–H groups in total. The van der Waals surface area contributed by atoms with E-state index in [1.807, 2.05) is 55.5 Å². The van der Waals surface area contributed by atoms with Crippen LogP contribution in [0.1, 0.15) is 32.6 Å². The van der Waals surface area contributed by atoms with E-state index >= 15 is 0 Å². The Hall–Kier alpha value is -3.65. The van der Waals surface area contributed by atoms with E-state index in [2.05, 4.69) is 15.5 Å². The lowest BCUT2D eigenvalue weighted by molar-refractivity contribution is -0.137. The maximum absolute atomic E-state index is 12.8. The normalized spacial score (nSPS) is 11.3. The van der Waals surface area contributed by atoms with Gasteiger partial charge in [0.2, 0.25) is 0 Å². The van der Waals surface area contributed by atoms with E-state index in [4.69, 9.17) is 0 Å². The number of carbonyl (C=O) groups is 1. The first kappa shape index (κ1) is 24.5. The number of thioether (sulfide) groups is 1. The van der Waals surface area contributed by atoms with Gasteiger partial charge in [0.25, 0.3) is 5.91 Å². The van der Waals surface area contributed by atoms with E-state index in [9.17, 15) is 18.0 Å². The first-order valence-corrected chi connectivity index (χ1v) is 11.8. The Morgan fingerprint density at radius 3 is 2.29 bits per heavy atom. The van der Waals surface area contributed by atoms with Crippen molar-refractivity contribution in [3.05, 3.63) is 113 Å². The van der Waals surface area contributed by atoms with Gasteiger partial charge in [-0.2, -0.15) is 13.2 Å². The number of alkyl halides is 3. The minimum atomic E-state index is -4.41. The van der Waals surface area contributed by atoms with Gasteiger partial charge < -0.3 is 5.32 Å². The fourth-order valence-electron chi connectivity index (χ4n) is 3.33. The summed E-state index contributed by atoms with van der Waals surface area (Å²) in [5.41, 5.74) is 4.11. The second-order valence-corrected chi connectivity index (χ2v) is 8.98. The van der Waals surface area contributed by atoms with Crippen LogP contribution < -0.4 is 5.32 Å². The minimum absolute atomic E-state index is 0.0115. The Balaban J connectivity index is 1.29. The molecular weight excluding hydrogens is 471 g/mol. The maximum atomic E-state index is 12.8. The van der Waals surface area contributed by atoms with Crippen LogP contribution in [0, 0.1) is 6.92 Å². The molecule has 35 heavy (non-hydrogen) atoms. The molecule has 4 rings (SSSR count). The second-order valence-electron chi connectivity index (χ2n) is 7.99. The minimum Gasteiger partial charge on any atom is -0.348 e. The highest BCUT2D eigenvalue weighted by Crippen LogP contribution is 2.29. The van der Waals surface area contributed by atoms with Crippen LogP contribution in [0.5, 0.6) is 0 Å². The molecule has 0 bridgehead atoms. The number of halogens is 3. The molecule has 4 nitrogen and oxygen atoms in total. The summed E-state index contributed by atoms with van der Waals surface area (Å²) in [6, 6.07) is 24.0. The average Bonchev–Trinajstić information content (AvgIpc) is 2.87. The van der Waals surface area contributed by atoms with E-state index in [1.165, 1.54) is 23.4 Å². The zero-order valence-corrected chi connectivity index (χ0v) is 19.7. The van der Waals surface area contributed by atoms with Gasteiger partial charge in [-0.1, -0.05) is 65.9 Å². The summed E-state index contributed by atoms with van der Waals surface area (Å²) in [5, 5.41) is 12.1. The summed E-state index contributed by atoms with van der Waals surface area (Å²) in [6.07, 6.45) is -4.41. The van der Waals surface area contributed by atoms with Gasteiger partial charge in [0, 0.05) is 23.4 Å². The summed E-state index contributed by atoms with van der Waals surface area (Å²) >= 11 is 1.54. The highest BCUT2D eigenvalue weighted by molar-refractivity contribution is 7.98. The van der Waals surface area contributed by atoms with Gasteiger partial charge >= 0.3 is 6.18 Å². The van der Waals surface area contributed by atoms with Gasteiger partial charge in [-0.15, -0.1) is 10.2 Å². The van der Waals surface area contributed by atoms with Crippen molar-refractivity contribution in [2.45, 2.75) is 30.4 Å². The second kappa shape index (κ2) is 10.7. The molecule has 8 heteroatoms. The van der Waals surface area contributed by atoms with Gasteiger partial charge in [-0.25, -0.2) is 0 Å². The highest BCUT2D eigenvalue weighted by Gasteiger charge is 2.30. The molecular formula is C27H22F3N3OS. The molecule has 1 heterocycles. The van der Waals surface area contributed by atoms with Crippen molar-refractivity contribution < 1.29 is 18.0 Å². The van der Waals surface area contributed by atoms with E-state index < -0.39 is 11.7 Å². The largest absolute Gasteiger partial charge is 0.416 e. The van der Waals surface area contributed by atoms with Crippen LogP contribution in [-0.4, -0.2) is 16.1 Å². The molecule has 0 unspecified atom stereocenters. The van der Waals surface area contributed by atoms with Crippen LogP contribution in [0.2, 0.25) is 0 Å². The van der Waals surface area contributed by atoms with Crippen molar-refractivity contribution in [1.82, 2.24) is 15.5 Å². The third-order valence-corrected chi connectivity index (χ3v) is 6.29. The highest BCUT2D eigenvalue weighted by atomic mass is 32.2. The number of benzene rings is 3. The number of hydrogen-bond acceptors (Lipinski definition) is 4. The van der Waals surface area contributed by atoms with E-state index in [0.717, 1.165) is 34.0 Å². The molecule has 0 fully saturated rings. The molecule has 0 spiro atoms. The lowest BCUT2D eigenvalue weighted by Gasteiger charge is -2.10. The van der Waals surface area contributed by atoms with Gasteiger partial charge in [0.1, 0.15) is 5.03 Å². The monoisotopic (exact) mass is 493 g/mol. The van der Waals surface area contributed by atoms with Crippen molar-refractivity contribution in [2.75, 3.05) is 0 Å². The van der Waals surface area contributed by atoms with Gasteiger partial charge in [-0.3, -0.25) is 4.79 Å². The fourth-order valence-corrected chi connectivity index (χ4v) is 4.10. The van der Waals surface area contributed by atoms with Crippen molar-refractivity contribution in [2.24, 2.45) is 0 Å². The molecule has 1 amide bonds. The van der Waals surface area contributed by atoms with Gasteiger partial charge in [-0.05, 0) is 54.4 Å². The van der Waals surface area contributed by atoms with Crippen LogP contribution in [-0.2, 0) is 18.5 Å². The van der Waals surface area contributed by atoms with Crippen molar-refractivity contribution in [1.29, 1.82) is 0 Å². The molecule has 178 valence electrons. The average molecular weight is 494 g/mol. The molecule has 1 aromatic heterocycles. The SMILES string of the molecule is Cc1ccc(-c2ccc(SCc3ccc(C(=O)NCc4cccc(C(F)(F)F)c4)cc3)nn2)cc1. The van der Waals surface area contributed by atoms with Crippen LogP contribution in [0.3, 0.4) is 0 Å². The molecule has 0 saturated carbocycles. The van der Waals surface area contributed by atoms with Crippen LogP contribution in [0.4, 0.5) is 13.2 Å². The number of nitrogens with one attached hydrogen (secondary N) is 1. The Morgan fingerprint density at radius 2 is 1.63 bits per heavy atom. The third kappa shape index (κ3) is 6.70. The summed E-state index contributed by atoms with van der Waals surface area (Å²) in [4.78, 5) is 12.4. The first-order valence-electron chi connectivity index (χ1n) is 10.8. The number of rotatable bonds is 7. The quantitative estimate of drug-likeness (QED) is 0.291. The van der Waals surface area contributed by atoms with Gasteiger partial charge in [0.05, 0.1) is 11.3 Å². The number of aryl methyl sites for hydroxylation is 1. The van der Waals surface area contributed by atoms with E-state index in [1.54, 1.807) is 18.2 Å². The number of amides is 1. The van der Waals surface area contributed by atoms with E-state index in [-0.39, 0.29) is 12.5 Å². The summed E-state index contributed by atoms with van der Waals surface area (Å²) < 4.78 is 38.5. The standard InChI is InChI=1S/C27H22F3N3OS/c1-18-5-9-21(10-6-18)24-13-14-25(33-32-24)35-17-19-7-11-22(12-8-19)26(34)31-16-20-3-2-4-23(15-20)27(28,29)30/h2-15H,16-17H2,1H3,(H,31,34). The summed E-state index contributed by atoms with van der Waals surface area (Å²) in [7, 11) is 0. The molecule has 0 aliphatic carbocycles. The summed E-state index contributed by atoms with van der Waals surface area (Å²) in [5.74, 6) is 0.309. The number of hydrogen-bond donors (Lipinski definition) is 1. The smallest absolute Gasteiger partial charge is 0.348 e. The molecule has 0 aliphatic heterocycles. The zero-order chi connectivity index (χ0) is 24.8. The molecule has 0 aliphatic rings. The lowest BCUT2D eigenvalue weighted by atomic mass is 10.1.